The van der Waals surface area contributed by atoms with E-state index >= 15 is 0 Å². The number of nitrogens with zero attached hydrogens (tertiary/aromatic N) is 5. The average Bonchev–Trinajstić information content (AvgIpc) is 3.12. The smallest absolute Gasteiger partial charge is 0.186 e. The van der Waals surface area contributed by atoms with E-state index in [1.807, 2.05) is 16.0 Å². The molecule has 1 atom stereocenters. The highest BCUT2D eigenvalue weighted by molar-refractivity contribution is 7.08. The molecule has 1 aliphatic heterocycles. The van der Waals surface area contributed by atoms with Gasteiger partial charge in [-0.15, -0.1) is 15.3 Å². The molecule has 6 heteroatoms. The average molecular weight is 327 g/mol. The Morgan fingerprint density at radius 2 is 2.04 bits per heavy atom. The summed E-state index contributed by atoms with van der Waals surface area (Å²) >= 11 is 1.66. The highest BCUT2D eigenvalue weighted by atomic mass is 32.1. The number of fused-ring (bicyclic) bond motifs is 1. The Morgan fingerprint density at radius 1 is 1.22 bits per heavy atom. The van der Waals surface area contributed by atoms with Crippen LogP contribution in [0.1, 0.15) is 27.7 Å². The van der Waals surface area contributed by atoms with Crippen LogP contribution in [0.5, 0.6) is 0 Å². The molecule has 4 heterocycles. The Hall–Kier alpha value is -1.95. The summed E-state index contributed by atoms with van der Waals surface area (Å²) in [5.74, 6) is 2.41. The predicted molar refractivity (Wildman–Crippen MR) is 93.8 cm³/mol. The van der Waals surface area contributed by atoms with E-state index in [2.05, 4.69) is 60.3 Å². The zero-order valence-corrected chi connectivity index (χ0v) is 14.7. The molecule has 23 heavy (non-hydrogen) atoms. The van der Waals surface area contributed by atoms with E-state index < -0.39 is 0 Å². The Labute approximate surface area is 140 Å². The van der Waals surface area contributed by atoms with Crippen molar-refractivity contribution in [3.63, 3.8) is 0 Å². The van der Waals surface area contributed by atoms with Crippen molar-refractivity contribution in [1.82, 2.24) is 19.8 Å². The van der Waals surface area contributed by atoms with Gasteiger partial charge in [-0.2, -0.15) is 15.9 Å². The van der Waals surface area contributed by atoms with Crippen molar-refractivity contribution in [3.05, 3.63) is 29.0 Å². The summed E-state index contributed by atoms with van der Waals surface area (Å²) < 4.78 is 1.86. The van der Waals surface area contributed by atoms with Crippen molar-refractivity contribution in [3.8, 4) is 11.4 Å². The van der Waals surface area contributed by atoms with Crippen LogP contribution in [0.3, 0.4) is 0 Å². The van der Waals surface area contributed by atoms with Crippen LogP contribution in [0.4, 0.5) is 5.82 Å². The standard InChI is InChI=1S/C17H21N5S/c1-11(2)15-17(3,4)10-21(15)14-6-5-13-18-19-16(22(13)20-14)12-7-8-23-9-12/h5-9,11,15H,10H2,1-4H3/t15-/m1/s1. The largest absolute Gasteiger partial charge is 0.351 e. The molecule has 1 aliphatic rings. The molecule has 0 aromatic carbocycles. The van der Waals surface area contributed by atoms with Gasteiger partial charge in [0.25, 0.3) is 0 Å². The number of rotatable bonds is 3. The van der Waals surface area contributed by atoms with Crippen LogP contribution in [0.25, 0.3) is 17.0 Å². The van der Waals surface area contributed by atoms with Gasteiger partial charge in [-0.25, -0.2) is 0 Å². The maximum atomic E-state index is 4.83. The minimum Gasteiger partial charge on any atom is -0.351 e. The topological polar surface area (TPSA) is 46.3 Å². The lowest BCUT2D eigenvalue weighted by molar-refractivity contribution is 0.134. The van der Waals surface area contributed by atoms with Gasteiger partial charge in [-0.05, 0) is 29.5 Å². The Bertz CT molecular complexity index is 834. The second-order valence-electron chi connectivity index (χ2n) is 7.30. The van der Waals surface area contributed by atoms with Gasteiger partial charge in [-0.3, -0.25) is 0 Å². The lowest BCUT2D eigenvalue weighted by Gasteiger charge is -2.57. The molecular formula is C17H21N5S. The first-order valence-electron chi connectivity index (χ1n) is 7.99. The maximum Gasteiger partial charge on any atom is 0.186 e. The van der Waals surface area contributed by atoms with E-state index in [1.54, 1.807) is 11.3 Å². The number of anilines is 1. The Balaban J connectivity index is 1.76. The molecule has 3 aromatic heterocycles. The molecule has 0 N–H and O–H groups in total. The summed E-state index contributed by atoms with van der Waals surface area (Å²) in [6.45, 7) is 10.3. The quantitative estimate of drug-likeness (QED) is 0.735. The van der Waals surface area contributed by atoms with Crippen LogP contribution in [0.2, 0.25) is 0 Å². The van der Waals surface area contributed by atoms with Crippen LogP contribution in [-0.4, -0.2) is 32.4 Å². The van der Waals surface area contributed by atoms with E-state index in [-0.39, 0.29) is 0 Å². The molecule has 1 saturated heterocycles. The highest BCUT2D eigenvalue weighted by Gasteiger charge is 2.47. The van der Waals surface area contributed by atoms with Gasteiger partial charge in [0.1, 0.15) is 5.82 Å². The summed E-state index contributed by atoms with van der Waals surface area (Å²) in [7, 11) is 0. The fraction of sp³-hybridized carbons (Fsp3) is 0.471. The summed E-state index contributed by atoms with van der Waals surface area (Å²) in [5.41, 5.74) is 2.18. The lowest BCUT2D eigenvalue weighted by atomic mass is 9.70. The minimum atomic E-state index is 0.328. The van der Waals surface area contributed by atoms with Gasteiger partial charge in [0.15, 0.2) is 11.5 Å². The molecule has 0 bridgehead atoms. The summed E-state index contributed by atoms with van der Waals surface area (Å²) in [4.78, 5) is 2.40. The third kappa shape index (κ3) is 2.24. The number of hydrogen-bond acceptors (Lipinski definition) is 5. The van der Waals surface area contributed by atoms with Crippen molar-refractivity contribution in [2.75, 3.05) is 11.4 Å². The van der Waals surface area contributed by atoms with Crippen molar-refractivity contribution < 1.29 is 0 Å². The minimum absolute atomic E-state index is 0.328. The monoisotopic (exact) mass is 327 g/mol. The molecule has 0 spiro atoms. The number of hydrogen-bond donors (Lipinski definition) is 0. The van der Waals surface area contributed by atoms with Gasteiger partial charge in [0.2, 0.25) is 0 Å². The van der Waals surface area contributed by atoms with Crippen molar-refractivity contribution >= 4 is 22.8 Å². The van der Waals surface area contributed by atoms with Gasteiger partial charge < -0.3 is 4.90 Å². The van der Waals surface area contributed by atoms with Crippen LogP contribution in [0.15, 0.2) is 29.0 Å². The molecular weight excluding hydrogens is 306 g/mol. The van der Waals surface area contributed by atoms with Gasteiger partial charge in [-0.1, -0.05) is 27.7 Å². The van der Waals surface area contributed by atoms with Crippen molar-refractivity contribution in [2.45, 2.75) is 33.7 Å². The lowest BCUT2D eigenvalue weighted by Crippen LogP contribution is -2.64. The van der Waals surface area contributed by atoms with Crippen LogP contribution < -0.4 is 4.90 Å². The Morgan fingerprint density at radius 3 is 2.70 bits per heavy atom. The molecule has 0 radical (unpaired) electrons. The molecule has 1 fully saturated rings. The third-order valence-corrected chi connectivity index (χ3v) is 5.35. The summed E-state index contributed by atoms with van der Waals surface area (Å²) in [6.07, 6.45) is 0. The van der Waals surface area contributed by atoms with Gasteiger partial charge >= 0.3 is 0 Å². The van der Waals surface area contributed by atoms with Crippen LogP contribution in [0, 0.1) is 11.3 Å². The van der Waals surface area contributed by atoms with Crippen molar-refractivity contribution in [1.29, 1.82) is 0 Å². The molecule has 120 valence electrons. The van der Waals surface area contributed by atoms with Crippen LogP contribution in [-0.2, 0) is 0 Å². The van der Waals surface area contributed by atoms with E-state index in [4.69, 9.17) is 5.10 Å². The second kappa shape index (κ2) is 5.03. The first kappa shape index (κ1) is 14.6. The molecule has 3 aromatic rings. The third-order valence-electron chi connectivity index (χ3n) is 4.67. The highest BCUT2D eigenvalue weighted by Crippen LogP contribution is 2.43. The SMILES string of the molecule is CC(C)[C@H]1N(c2ccc3nnc(-c4ccsc4)n3n2)CC1(C)C. The molecule has 0 amide bonds. The van der Waals surface area contributed by atoms with E-state index in [1.165, 1.54) is 0 Å². The van der Waals surface area contributed by atoms with Gasteiger partial charge in [0, 0.05) is 28.9 Å². The van der Waals surface area contributed by atoms with Crippen LogP contribution >= 0.6 is 11.3 Å². The molecule has 0 aliphatic carbocycles. The molecule has 4 rings (SSSR count). The normalized spacial score (nSPS) is 20.2. The van der Waals surface area contributed by atoms with E-state index in [9.17, 15) is 0 Å². The maximum absolute atomic E-state index is 4.83. The first-order chi connectivity index (χ1) is 11.0. The fourth-order valence-corrected chi connectivity index (χ4v) is 4.56. The second-order valence-corrected chi connectivity index (χ2v) is 8.08. The molecule has 0 saturated carbocycles. The fourth-order valence-electron chi connectivity index (χ4n) is 3.93. The zero-order chi connectivity index (χ0) is 16.2. The zero-order valence-electron chi connectivity index (χ0n) is 13.9. The number of aromatic nitrogens is 4. The van der Waals surface area contributed by atoms with E-state index in [0.717, 1.165) is 29.4 Å². The molecule has 5 nitrogen and oxygen atoms in total. The first-order valence-corrected chi connectivity index (χ1v) is 8.93. The van der Waals surface area contributed by atoms with E-state index in [0.29, 0.717) is 17.4 Å². The number of thiophene rings is 1. The van der Waals surface area contributed by atoms with Crippen molar-refractivity contribution in [2.24, 2.45) is 11.3 Å². The Kier molecular flexibility index (Phi) is 3.20. The predicted octanol–water partition coefficient (Wildman–Crippen LogP) is 3.72. The van der Waals surface area contributed by atoms with Gasteiger partial charge in [0.05, 0.1) is 0 Å². The molecule has 0 unspecified atom stereocenters. The summed E-state index contributed by atoms with van der Waals surface area (Å²) in [5, 5.41) is 17.5. The summed E-state index contributed by atoms with van der Waals surface area (Å²) in [6, 6.07) is 6.63.